The summed E-state index contributed by atoms with van der Waals surface area (Å²) in [5.74, 6) is -1.94. The Bertz CT molecular complexity index is 1610. The quantitative estimate of drug-likeness (QED) is 0.380. The van der Waals surface area contributed by atoms with E-state index >= 15 is 0 Å². The second kappa shape index (κ2) is 11.0. The van der Waals surface area contributed by atoms with Crippen molar-refractivity contribution in [3.8, 4) is 11.5 Å². The van der Waals surface area contributed by atoms with Gasteiger partial charge in [0.05, 0.1) is 6.61 Å². The van der Waals surface area contributed by atoms with Gasteiger partial charge in [0.2, 0.25) is 0 Å². The van der Waals surface area contributed by atoms with Crippen molar-refractivity contribution in [1.82, 2.24) is 4.90 Å². The summed E-state index contributed by atoms with van der Waals surface area (Å²) < 4.78 is 37.4. The molecule has 0 unspecified atom stereocenters. The Balaban J connectivity index is 1.69. The monoisotopic (exact) mass is 607 g/mol. The normalized spacial score (nSPS) is 20.1. The van der Waals surface area contributed by atoms with Crippen LogP contribution in [0.5, 0.6) is 11.5 Å². The minimum Gasteiger partial charge on any atom is -0.490 e. The van der Waals surface area contributed by atoms with Crippen LogP contribution >= 0.6 is 0 Å². The maximum atomic E-state index is 13.9. The number of carbonyl (C=O) groups is 3. The van der Waals surface area contributed by atoms with E-state index in [4.69, 9.17) is 8.92 Å². The van der Waals surface area contributed by atoms with Crippen LogP contribution in [-0.2, 0) is 24.5 Å². The number of Topliss-reactive ketones (excluding diaryl/α,β-unsaturated/α-hetero) is 2. The molecule has 0 aromatic heterocycles. The highest BCUT2D eigenvalue weighted by Crippen LogP contribution is 2.55. The van der Waals surface area contributed by atoms with Crippen LogP contribution in [0, 0.1) is 10.8 Å². The first kappa shape index (κ1) is 30.5. The molecule has 0 saturated carbocycles. The summed E-state index contributed by atoms with van der Waals surface area (Å²) in [6.45, 7) is 9.54. The molecule has 0 saturated heterocycles. The summed E-state index contributed by atoms with van der Waals surface area (Å²) in [5.41, 5.74) is 1.86. The molecule has 0 spiro atoms. The number of allylic oxidation sites excluding steroid dienone is 4. The summed E-state index contributed by atoms with van der Waals surface area (Å²) in [4.78, 5) is 41.5. The average Bonchev–Trinajstić information content (AvgIpc) is 2.89. The van der Waals surface area contributed by atoms with Crippen LogP contribution in [0.1, 0.15) is 71.8 Å². The van der Waals surface area contributed by atoms with Gasteiger partial charge in [-0.2, -0.15) is 8.42 Å². The molecule has 0 fully saturated rings. The minimum absolute atomic E-state index is 0.0113. The fourth-order valence-electron chi connectivity index (χ4n) is 6.50. The molecule has 43 heavy (non-hydrogen) atoms. The highest BCUT2D eigenvalue weighted by molar-refractivity contribution is 7.87. The Morgan fingerprint density at radius 2 is 1.44 bits per heavy atom. The molecular formula is C33H37NO8S. The van der Waals surface area contributed by atoms with E-state index in [1.807, 2.05) is 27.7 Å². The van der Waals surface area contributed by atoms with Gasteiger partial charge < -0.3 is 18.9 Å². The zero-order valence-electron chi connectivity index (χ0n) is 25.1. The van der Waals surface area contributed by atoms with E-state index in [2.05, 4.69) is 0 Å². The van der Waals surface area contributed by atoms with Crippen LogP contribution in [0.15, 0.2) is 76.0 Å². The predicted octanol–water partition coefficient (Wildman–Crippen LogP) is 5.62. The summed E-state index contributed by atoms with van der Waals surface area (Å²) >= 11 is 0. The van der Waals surface area contributed by atoms with Gasteiger partial charge in [-0.05, 0) is 60.4 Å². The Morgan fingerprint density at radius 3 is 1.95 bits per heavy atom. The summed E-state index contributed by atoms with van der Waals surface area (Å²) in [5, 5.41) is 9.89. The summed E-state index contributed by atoms with van der Waals surface area (Å²) in [7, 11) is -4.16. The van der Waals surface area contributed by atoms with Gasteiger partial charge >= 0.3 is 16.1 Å². The third-order valence-electron chi connectivity index (χ3n) is 8.15. The Hall–Kier alpha value is -3.92. The van der Waals surface area contributed by atoms with Gasteiger partial charge in [-0.3, -0.25) is 14.4 Å². The molecule has 2 aliphatic carbocycles. The molecule has 0 bridgehead atoms. The molecule has 5 rings (SSSR count). The maximum Gasteiger partial charge on any atom is 0.339 e. The second-order valence-corrected chi connectivity index (χ2v) is 14.6. The molecular weight excluding hydrogens is 570 g/mol. The van der Waals surface area contributed by atoms with Gasteiger partial charge in [-0.15, -0.1) is 0 Å². The molecule has 10 heteroatoms. The topological polar surface area (TPSA) is 127 Å². The molecule has 2 aromatic carbocycles. The molecule has 1 N–H and O–H groups in total. The van der Waals surface area contributed by atoms with Crippen molar-refractivity contribution in [3.63, 3.8) is 0 Å². The third-order valence-corrected chi connectivity index (χ3v) is 9.40. The van der Waals surface area contributed by atoms with E-state index in [0.717, 1.165) is 0 Å². The minimum atomic E-state index is -4.16. The Kier molecular flexibility index (Phi) is 7.79. The smallest absolute Gasteiger partial charge is 0.339 e. The number of ketones is 2. The van der Waals surface area contributed by atoms with E-state index in [1.165, 1.54) is 18.2 Å². The van der Waals surface area contributed by atoms with E-state index in [1.54, 1.807) is 42.2 Å². The lowest BCUT2D eigenvalue weighted by Crippen LogP contribution is -2.45. The SMILES string of the molecule is CCOc1cc(C2C3=C(CC(C)(C)CC3=O)N(CC(=O)O)C3=C2C(=O)CC(C)(C)C3)ccc1OS(=O)(=O)c1ccccc1. The molecule has 0 amide bonds. The number of aliphatic carboxylic acids is 1. The lowest BCUT2D eigenvalue weighted by molar-refractivity contribution is -0.138. The van der Waals surface area contributed by atoms with Crippen LogP contribution in [0.3, 0.4) is 0 Å². The van der Waals surface area contributed by atoms with Crippen LogP contribution in [-0.4, -0.2) is 49.1 Å². The number of hydrogen-bond acceptors (Lipinski definition) is 8. The van der Waals surface area contributed by atoms with E-state index in [0.29, 0.717) is 40.9 Å². The highest BCUT2D eigenvalue weighted by atomic mass is 32.2. The molecule has 1 heterocycles. The van der Waals surface area contributed by atoms with Crippen molar-refractivity contribution in [1.29, 1.82) is 0 Å². The van der Waals surface area contributed by atoms with E-state index in [-0.39, 0.29) is 54.0 Å². The molecule has 9 nitrogen and oxygen atoms in total. The summed E-state index contributed by atoms with van der Waals surface area (Å²) in [6.07, 6.45) is 1.44. The van der Waals surface area contributed by atoms with Crippen LogP contribution < -0.4 is 8.92 Å². The van der Waals surface area contributed by atoms with Crippen molar-refractivity contribution < 1.29 is 36.8 Å². The second-order valence-electron chi connectivity index (χ2n) is 13.0. The molecule has 1 aliphatic heterocycles. The van der Waals surface area contributed by atoms with E-state index in [9.17, 15) is 27.9 Å². The molecule has 0 atom stereocenters. The number of rotatable bonds is 8. The first-order valence-electron chi connectivity index (χ1n) is 14.4. The Labute approximate surface area is 252 Å². The van der Waals surface area contributed by atoms with Crippen molar-refractivity contribution in [2.45, 2.75) is 71.1 Å². The number of nitrogens with zero attached hydrogens (tertiary/aromatic N) is 1. The van der Waals surface area contributed by atoms with Crippen molar-refractivity contribution >= 4 is 27.7 Å². The lowest BCUT2D eigenvalue weighted by atomic mass is 9.63. The number of carbonyl (C=O) groups excluding carboxylic acids is 2. The first-order valence-corrected chi connectivity index (χ1v) is 15.8. The largest absolute Gasteiger partial charge is 0.490 e. The van der Waals surface area contributed by atoms with Gasteiger partial charge in [0, 0.05) is 41.3 Å². The first-order chi connectivity index (χ1) is 20.1. The van der Waals surface area contributed by atoms with Gasteiger partial charge in [-0.1, -0.05) is 52.0 Å². The van der Waals surface area contributed by atoms with Crippen LogP contribution in [0.2, 0.25) is 0 Å². The molecule has 228 valence electrons. The Morgan fingerprint density at radius 1 is 0.884 bits per heavy atom. The van der Waals surface area contributed by atoms with Gasteiger partial charge in [0.25, 0.3) is 0 Å². The van der Waals surface area contributed by atoms with Crippen molar-refractivity contribution in [2.24, 2.45) is 10.8 Å². The predicted molar refractivity (Wildman–Crippen MR) is 159 cm³/mol. The fraction of sp³-hybridized carbons (Fsp3) is 0.424. The fourth-order valence-corrected chi connectivity index (χ4v) is 7.46. The number of carboxylic acid groups (broad SMARTS) is 1. The number of carboxylic acids is 1. The molecule has 0 radical (unpaired) electrons. The molecule has 2 aromatic rings. The number of hydrogen-bond donors (Lipinski definition) is 1. The lowest BCUT2D eigenvalue weighted by Gasteiger charge is -2.48. The van der Waals surface area contributed by atoms with Crippen molar-refractivity contribution in [3.05, 3.63) is 76.6 Å². The van der Waals surface area contributed by atoms with Crippen molar-refractivity contribution in [2.75, 3.05) is 13.2 Å². The maximum absolute atomic E-state index is 13.9. The average molecular weight is 608 g/mol. The van der Waals surface area contributed by atoms with Gasteiger partial charge in [0.15, 0.2) is 23.1 Å². The van der Waals surface area contributed by atoms with Gasteiger partial charge in [-0.25, -0.2) is 0 Å². The standard InChI is InChI=1S/C33H37NO8S/c1-6-41-27-14-20(12-13-26(27)42-43(39,40)21-10-8-7-9-11-21)29-30-22(15-32(2,3)17-24(30)35)34(19-28(37)38)23-16-33(4,5)18-25(36)31(23)29/h7-14,29H,6,15-19H2,1-5H3,(H,37,38). The number of benzene rings is 2. The highest BCUT2D eigenvalue weighted by Gasteiger charge is 2.49. The molecule has 3 aliphatic rings. The summed E-state index contributed by atoms with van der Waals surface area (Å²) in [6, 6.07) is 12.5. The van der Waals surface area contributed by atoms with Crippen LogP contribution in [0.4, 0.5) is 0 Å². The number of ether oxygens (including phenoxy) is 1. The zero-order valence-corrected chi connectivity index (χ0v) is 25.9. The third kappa shape index (κ3) is 5.98. The van der Waals surface area contributed by atoms with Gasteiger partial charge in [0.1, 0.15) is 11.4 Å². The van der Waals surface area contributed by atoms with E-state index < -0.39 is 32.8 Å². The van der Waals surface area contributed by atoms with Crippen LogP contribution in [0.25, 0.3) is 0 Å². The zero-order chi connectivity index (χ0) is 31.3.